The van der Waals surface area contributed by atoms with E-state index in [2.05, 4.69) is 26.8 Å². The second kappa shape index (κ2) is 5.45. The van der Waals surface area contributed by atoms with E-state index in [1.165, 1.54) is 5.30 Å². The van der Waals surface area contributed by atoms with Gasteiger partial charge < -0.3 is 5.11 Å². The highest BCUT2D eigenvalue weighted by Crippen LogP contribution is 2.56. The molecule has 0 aromatic heterocycles. The van der Waals surface area contributed by atoms with Gasteiger partial charge in [0.2, 0.25) is 0 Å². The SMILES string of the molecule is CC[P+](CC)(CC)c1cccc(C(=O)O)c1. The summed E-state index contributed by atoms with van der Waals surface area (Å²) in [4.78, 5) is 11.0. The van der Waals surface area contributed by atoms with E-state index in [1.807, 2.05) is 12.1 Å². The van der Waals surface area contributed by atoms with Gasteiger partial charge in [-0.15, -0.1) is 0 Å². The van der Waals surface area contributed by atoms with E-state index in [1.54, 1.807) is 6.07 Å². The van der Waals surface area contributed by atoms with E-state index in [9.17, 15) is 4.79 Å². The molecule has 0 fully saturated rings. The van der Waals surface area contributed by atoms with Crippen molar-refractivity contribution in [3.05, 3.63) is 29.8 Å². The van der Waals surface area contributed by atoms with Gasteiger partial charge in [-0.2, -0.15) is 0 Å². The average molecular weight is 239 g/mol. The van der Waals surface area contributed by atoms with Gasteiger partial charge in [0.25, 0.3) is 0 Å². The van der Waals surface area contributed by atoms with Crippen molar-refractivity contribution in [3.63, 3.8) is 0 Å². The first kappa shape index (κ1) is 13.2. The van der Waals surface area contributed by atoms with Crippen LogP contribution in [-0.4, -0.2) is 29.6 Å². The van der Waals surface area contributed by atoms with Crippen molar-refractivity contribution in [3.8, 4) is 0 Å². The van der Waals surface area contributed by atoms with Gasteiger partial charge >= 0.3 is 5.97 Å². The summed E-state index contributed by atoms with van der Waals surface area (Å²) in [6, 6.07) is 7.50. The minimum absolute atomic E-state index is 0.414. The summed E-state index contributed by atoms with van der Waals surface area (Å²) in [6.45, 7) is 6.65. The van der Waals surface area contributed by atoms with Crippen molar-refractivity contribution in [2.24, 2.45) is 0 Å². The molecule has 0 aliphatic rings. The summed E-state index contributed by atoms with van der Waals surface area (Å²) >= 11 is 0. The van der Waals surface area contributed by atoms with E-state index in [4.69, 9.17) is 5.11 Å². The summed E-state index contributed by atoms with van der Waals surface area (Å²) in [5.41, 5.74) is 0.414. The van der Waals surface area contributed by atoms with E-state index in [-0.39, 0.29) is 0 Å². The van der Waals surface area contributed by atoms with Gasteiger partial charge in [0.1, 0.15) is 0 Å². The Morgan fingerprint density at radius 3 is 2.19 bits per heavy atom. The van der Waals surface area contributed by atoms with Crippen LogP contribution in [0.25, 0.3) is 0 Å². The molecule has 16 heavy (non-hydrogen) atoms. The van der Waals surface area contributed by atoms with Crippen LogP contribution in [0.5, 0.6) is 0 Å². The van der Waals surface area contributed by atoms with Gasteiger partial charge in [0, 0.05) is 7.26 Å². The highest BCUT2D eigenvalue weighted by Gasteiger charge is 2.34. The maximum absolute atomic E-state index is 11.0. The lowest BCUT2D eigenvalue weighted by Crippen LogP contribution is -2.18. The highest BCUT2D eigenvalue weighted by atomic mass is 31.2. The predicted octanol–water partition coefficient (Wildman–Crippen LogP) is 3.09. The molecule has 0 saturated carbocycles. The summed E-state index contributed by atoms with van der Waals surface area (Å²) in [6.07, 6.45) is 3.47. The van der Waals surface area contributed by atoms with Crippen LogP contribution in [0.2, 0.25) is 0 Å². The molecule has 0 atom stereocenters. The lowest BCUT2D eigenvalue weighted by Gasteiger charge is -2.23. The fourth-order valence-corrected chi connectivity index (χ4v) is 5.40. The van der Waals surface area contributed by atoms with Crippen molar-refractivity contribution >= 4 is 18.5 Å². The van der Waals surface area contributed by atoms with E-state index in [0.29, 0.717) is 5.56 Å². The Morgan fingerprint density at radius 1 is 1.19 bits per heavy atom. The molecule has 0 aliphatic heterocycles. The van der Waals surface area contributed by atoms with Crippen LogP contribution >= 0.6 is 7.26 Å². The van der Waals surface area contributed by atoms with E-state index >= 15 is 0 Å². The third-order valence-electron chi connectivity index (χ3n) is 3.46. The summed E-state index contributed by atoms with van der Waals surface area (Å²) in [5.74, 6) is -0.830. The Hall–Kier alpha value is -0.880. The summed E-state index contributed by atoms with van der Waals surface area (Å²) < 4.78 is 0. The molecule has 0 amide bonds. The molecule has 3 heteroatoms. The number of benzene rings is 1. The molecule has 0 saturated heterocycles. The molecule has 1 rings (SSSR count). The zero-order valence-corrected chi connectivity index (χ0v) is 11.1. The number of carboxylic acid groups (broad SMARTS) is 1. The van der Waals surface area contributed by atoms with Crippen LogP contribution in [0.1, 0.15) is 31.1 Å². The zero-order valence-electron chi connectivity index (χ0n) is 10.2. The Labute approximate surface area is 98.0 Å². The normalized spacial score (nSPS) is 11.4. The average Bonchev–Trinajstić information content (AvgIpc) is 2.32. The minimum Gasteiger partial charge on any atom is -0.478 e. The lowest BCUT2D eigenvalue weighted by atomic mass is 10.2. The Balaban J connectivity index is 3.20. The third kappa shape index (κ3) is 2.44. The molecule has 0 unspecified atom stereocenters. The molecule has 2 nitrogen and oxygen atoms in total. The van der Waals surface area contributed by atoms with E-state index < -0.39 is 13.2 Å². The summed E-state index contributed by atoms with van der Waals surface area (Å²) in [5, 5.41) is 10.3. The Morgan fingerprint density at radius 2 is 1.75 bits per heavy atom. The molecule has 0 bridgehead atoms. The van der Waals surface area contributed by atoms with Gasteiger partial charge in [-0.1, -0.05) is 6.07 Å². The second-order valence-corrected chi connectivity index (χ2v) is 8.65. The fraction of sp³-hybridized carbons (Fsp3) is 0.462. The molecule has 0 radical (unpaired) electrons. The number of hydrogen-bond acceptors (Lipinski definition) is 1. The van der Waals surface area contributed by atoms with Crippen molar-refractivity contribution < 1.29 is 9.90 Å². The maximum atomic E-state index is 11.0. The molecule has 1 aromatic carbocycles. The van der Waals surface area contributed by atoms with Gasteiger partial charge in [-0.25, -0.2) is 4.79 Å². The van der Waals surface area contributed by atoms with Crippen LogP contribution in [0.3, 0.4) is 0 Å². The molecule has 88 valence electrons. The number of rotatable bonds is 5. The van der Waals surface area contributed by atoms with Crippen molar-refractivity contribution in [2.45, 2.75) is 20.8 Å². The second-order valence-electron chi connectivity index (χ2n) is 3.95. The molecule has 0 heterocycles. The molecular formula is C13H20O2P+. The molecule has 1 N–H and O–H groups in total. The van der Waals surface area contributed by atoms with Crippen molar-refractivity contribution in [2.75, 3.05) is 18.5 Å². The molecule has 0 aliphatic carbocycles. The van der Waals surface area contributed by atoms with Crippen LogP contribution in [0.4, 0.5) is 0 Å². The molecular weight excluding hydrogens is 219 g/mol. The predicted molar refractivity (Wildman–Crippen MR) is 71.6 cm³/mol. The molecule has 0 spiro atoms. The van der Waals surface area contributed by atoms with Crippen molar-refractivity contribution in [1.82, 2.24) is 0 Å². The van der Waals surface area contributed by atoms with E-state index in [0.717, 1.165) is 18.5 Å². The number of carboxylic acids is 1. The first-order chi connectivity index (χ1) is 7.59. The number of carbonyl (C=O) groups is 1. The van der Waals surface area contributed by atoms with Crippen LogP contribution in [0, 0.1) is 0 Å². The third-order valence-corrected chi connectivity index (χ3v) is 8.46. The Bertz CT molecular complexity index is 362. The summed E-state index contributed by atoms with van der Waals surface area (Å²) in [7, 11) is -1.12. The zero-order chi connectivity index (χ0) is 12.2. The van der Waals surface area contributed by atoms with Crippen LogP contribution in [0.15, 0.2) is 24.3 Å². The monoisotopic (exact) mass is 239 g/mol. The van der Waals surface area contributed by atoms with Crippen LogP contribution < -0.4 is 5.30 Å². The van der Waals surface area contributed by atoms with Crippen LogP contribution in [-0.2, 0) is 0 Å². The first-order valence-electron chi connectivity index (χ1n) is 5.79. The van der Waals surface area contributed by atoms with Crippen molar-refractivity contribution in [1.29, 1.82) is 0 Å². The fourth-order valence-electron chi connectivity index (χ4n) is 2.15. The van der Waals surface area contributed by atoms with Gasteiger partial charge in [-0.05, 0) is 39.0 Å². The molecule has 1 aromatic rings. The maximum Gasteiger partial charge on any atom is 0.335 e. The number of hydrogen-bond donors (Lipinski definition) is 1. The topological polar surface area (TPSA) is 37.3 Å². The minimum atomic E-state index is -1.12. The van der Waals surface area contributed by atoms with Gasteiger partial charge in [-0.3, -0.25) is 0 Å². The first-order valence-corrected chi connectivity index (χ1v) is 8.14. The highest BCUT2D eigenvalue weighted by molar-refractivity contribution is 7.82. The lowest BCUT2D eigenvalue weighted by molar-refractivity contribution is 0.0697. The van der Waals surface area contributed by atoms with Gasteiger partial charge in [0.05, 0.1) is 29.4 Å². The van der Waals surface area contributed by atoms with Gasteiger partial charge in [0.15, 0.2) is 0 Å². The largest absolute Gasteiger partial charge is 0.478 e. The number of aromatic carboxylic acids is 1. The Kier molecular flexibility index (Phi) is 4.49. The quantitative estimate of drug-likeness (QED) is 0.802. The smallest absolute Gasteiger partial charge is 0.335 e. The standard InChI is InChI=1S/C13H19O2P/c1-4-16(5-2,6-3)12-9-7-8-11(10-12)13(14)15/h7-10H,4-6H2,1-3H3/p+1.